The fourth-order valence-corrected chi connectivity index (χ4v) is 1.09. The first-order valence-electron chi connectivity index (χ1n) is 4.25. The van der Waals surface area contributed by atoms with E-state index in [1.54, 1.807) is 0 Å². The van der Waals surface area contributed by atoms with Gasteiger partial charge in [0.2, 0.25) is 0 Å². The predicted octanol–water partition coefficient (Wildman–Crippen LogP) is 0.393. The number of hydrogen-bond acceptors (Lipinski definition) is 4. The van der Waals surface area contributed by atoms with E-state index in [1.165, 1.54) is 12.1 Å². The van der Waals surface area contributed by atoms with Crippen molar-refractivity contribution < 1.29 is 24.1 Å². The third kappa shape index (κ3) is 2.74. The van der Waals surface area contributed by atoms with Crippen LogP contribution in [0.3, 0.4) is 0 Å². The molecule has 0 heterocycles. The lowest BCUT2D eigenvalue weighted by molar-refractivity contribution is -0.156. The minimum Gasteiger partial charge on any atom is -0.467 e. The van der Waals surface area contributed by atoms with Crippen molar-refractivity contribution in [2.45, 2.75) is 12.2 Å². The second kappa shape index (κ2) is 4.86. The molecule has 1 aromatic carbocycles. The van der Waals surface area contributed by atoms with Crippen LogP contribution in [0.15, 0.2) is 24.3 Å². The van der Waals surface area contributed by atoms with Crippen LogP contribution in [-0.4, -0.2) is 29.4 Å². The van der Waals surface area contributed by atoms with Gasteiger partial charge in [-0.15, -0.1) is 0 Å². The molecule has 0 bridgehead atoms. The molecule has 2 N–H and O–H groups in total. The van der Waals surface area contributed by atoms with Gasteiger partial charge in [0.1, 0.15) is 11.9 Å². The molecule has 0 fully saturated rings. The normalized spacial score (nSPS) is 14.4. The molecule has 0 aliphatic rings. The molecule has 0 saturated carbocycles. The van der Waals surface area contributed by atoms with Gasteiger partial charge in [-0.2, -0.15) is 0 Å². The van der Waals surface area contributed by atoms with Gasteiger partial charge in [0.15, 0.2) is 6.10 Å². The molecule has 0 aliphatic carbocycles. The number of esters is 1. The molecule has 5 heteroatoms. The number of ether oxygens (including phenoxy) is 1. The van der Waals surface area contributed by atoms with E-state index in [-0.39, 0.29) is 5.56 Å². The zero-order chi connectivity index (χ0) is 11.4. The zero-order valence-electron chi connectivity index (χ0n) is 8.05. The minimum absolute atomic E-state index is 0.245. The Morgan fingerprint density at radius 3 is 2.33 bits per heavy atom. The highest BCUT2D eigenvalue weighted by Gasteiger charge is 2.26. The molecule has 1 aromatic rings. The number of hydrogen-bond donors (Lipinski definition) is 2. The Labute approximate surface area is 85.9 Å². The largest absolute Gasteiger partial charge is 0.467 e. The quantitative estimate of drug-likeness (QED) is 0.714. The highest BCUT2D eigenvalue weighted by atomic mass is 19.1. The van der Waals surface area contributed by atoms with Crippen LogP contribution in [0.4, 0.5) is 4.39 Å². The van der Waals surface area contributed by atoms with E-state index in [2.05, 4.69) is 4.74 Å². The monoisotopic (exact) mass is 214 g/mol. The Hall–Kier alpha value is -1.46. The topological polar surface area (TPSA) is 66.8 Å². The maximum absolute atomic E-state index is 12.5. The highest BCUT2D eigenvalue weighted by molar-refractivity contribution is 5.75. The Morgan fingerprint density at radius 2 is 1.87 bits per heavy atom. The number of aliphatic hydroxyl groups is 2. The standard InChI is InChI=1S/C10H11FO4/c1-15-10(14)9(13)8(12)6-2-4-7(11)5-3-6/h2-5,8-9,12-13H,1H3. The Kier molecular flexibility index (Phi) is 3.76. The van der Waals surface area contributed by atoms with Crippen LogP contribution < -0.4 is 0 Å². The number of carbonyl (C=O) groups excluding carboxylic acids is 1. The average Bonchev–Trinajstić information content (AvgIpc) is 2.27. The summed E-state index contributed by atoms with van der Waals surface area (Å²) in [5.41, 5.74) is 0.245. The molecule has 4 nitrogen and oxygen atoms in total. The number of benzene rings is 1. The second-order valence-corrected chi connectivity index (χ2v) is 2.96. The number of methoxy groups -OCH3 is 1. The summed E-state index contributed by atoms with van der Waals surface area (Å²) in [6, 6.07) is 4.82. The molecule has 0 spiro atoms. The van der Waals surface area contributed by atoms with Gasteiger partial charge < -0.3 is 14.9 Å². The van der Waals surface area contributed by atoms with Crippen molar-refractivity contribution in [1.29, 1.82) is 0 Å². The number of rotatable bonds is 3. The molecule has 2 unspecified atom stereocenters. The molecule has 0 aromatic heterocycles. The van der Waals surface area contributed by atoms with Crippen LogP contribution in [0.25, 0.3) is 0 Å². The summed E-state index contributed by atoms with van der Waals surface area (Å²) in [4.78, 5) is 10.9. The summed E-state index contributed by atoms with van der Waals surface area (Å²) in [5, 5.41) is 18.8. The van der Waals surface area contributed by atoms with E-state index >= 15 is 0 Å². The van der Waals surface area contributed by atoms with Gasteiger partial charge in [-0.25, -0.2) is 9.18 Å². The average molecular weight is 214 g/mol. The SMILES string of the molecule is COC(=O)C(O)C(O)c1ccc(F)cc1. The molecular formula is C10H11FO4. The fourth-order valence-electron chi connectivity index (χ4n) is 1.09. The van der Waals surface area contributed by atoms with E-state index in [4.69, 9.17) is 0 Å². The summed E-state index contributed by atoms with van der Waals surface area (Å²) >= 11 is 0. The molecular weight excluding hydrogens is 203 g/mol. The predicted molar refractivity (Wildman–Crippen MR) is 49.4 cm³/mol. The molecule has 0 radical (unpaired) electrons. The summed E-state index contributed by atoms with van der Waals surface area (Å²) < 4.78 is 16.8. The first kappa shape index (κ1) is 11.6. The van der Waals surface area contributed by atoms with E-state index in [0.29, 0.717) is 0 Å². The van der Waals surface area contributed by atoms with Crippen molar-refractivity contribution in [3.63, 3.8) is 0 Å². The third-order valence-corrected chi connectivity index (χ3v) is 1.95. The van der Waals surface area contributed by atoms with Gasteiger partial charge in [-0.1, -0.05) is 12.1 Å². The van der Waals surface area contributed by atoms with E-state index < -0.39 is 24.0 Å². The maximum atomic E-state index is 12.5. The van der Waals surface area contributed by atoms with Crippen molar-refractivity contribution >= 4 is 5.97 Å². The second-order valence-electron chi connectivity index (χ2n) is 2.96. The molecule has 15 heavy (non-hydrogen) atoms. The number of carbonyl (C=O) groups is 1. The summed E-state index contributed by atoms with van der Waals surface area (Å²) in [7, 11) is 1.10. The van der Waals surface area contributed by atoms with Crippen LogP contribution in [0.5, 0.6) is 0 Å². The highest BCUT2D eigenvalue weighted by Crippen LogP contribution is 2.17. The van der Waals surface area contributed by atoms with Crippen molar-refractivity contribution in [2.75, 3.05) is 7.11 Å². The van der Waals surface area contributed by atoms with Crippen molar-refractivity contribution in [3.05, 3.63) is 35.6 Å². The van der Waals surface area contributed by atoms with Gasteiger partial charge in [0, 0.05) is 0 Å². The first-order valence-corrected chi connectivity index (χ1v) is 4.25. The third-order valence-electron chi connectivity index (χ3n) is 1.95. The molecule has 0 aliphatic heterocycles. The summed E-state index contributed by atoms with van der Waals surface area (Å²) in [5.74, 6) is -1.40. The van der Waals surface area contributed by atoms with Crippen LogP contribution >= 0.6 is 0 Å². The van der Waals surface area contributed by atoms with Crippen LogP contribution in [0.2, 0.25) is 0 Å². The summed E-state index contributed by atoms with van der Waals surface area (Å²) in [6.45, 7) is 0. The van der Waals surface area contributed by atoms with Crippen molar-refractivity contribution in [2.24, 2.45) is 0 Å². The molecule has 82 valence electrons. The smallest absolute Gasteiger partial charge is 0.337 e. The number of aliphatic hydroxyl groups excluding tert-OH is 2. The molecule has 2 atom stereocenters. The number of halogens is 1. The van der Waals surface area contributed by atoms with Gasteiger partial charge in [0.25, 0.3) is 0 Å². The molecule has 0 amide bonds. The Morgan fingerprint density at radius 1 is 1.33 bits per heavy atom. The lowest BCUT2D eigenvalue weighted by Crippen LogP contribution is -2.28. The van der Waals surface area contributed by atoms with Gasteiger partial charge >= 0.3 is 5.97 Å². The van der Waals surface area contributed by atoms with Crippen LogP contribution in [-0.2, 0) is 9.53 Å². The molecule has 0 saturated heterocycles. The van der Waals surface area contributed by atoms with Crippen LogP contribution in [0, 0.1) is 5.82 Å². The van der Waals surface area contributed by atoms with Gasteiger partial charge in [-0.05, 0) is 17.7 Å². The Bertz CT molecular complexity index is 336. The van der Waals surface area contributed by atoms with Gasteiger partial charge in [-0.3, -0.25) is 0 Å². The minimum atomic E-state index is -1.67. The fraction of sp³-hybridized carbons (Fsp3) is 0.300. The Balaban J connectivity index is 2.80. The van der Waals surface area contributed by atoms with E-state index in [0.717, 1.165) is 19.2 Å². The van der Waals surface area contributed by atoms with E-state index in [9.17, 15) is 19.4 Å². The molecule has 1 rings (SSSR count). The maximum Gasteiger partial charge on any atom is 0.337 e. The van der Waals surface area contributed by atoms with Crippen molar-refractivity contribution in [1.82, 2.24) is 0 Å². The van der Waals surface area contributed by atoms with Crippen LogP contribution in [0.1, 0.15) is 11.7 Å². The zero-order valence-corrected chi connectivity index (χ0v) is 8.05. The first-order chi connectivity index (χ1) is 7.06. The summed E-state index contributed by atoms with van der Waals surface area (Å²) in [6.07, 6.45) is -3.08. The van der Waals surface area contributed by atoms with Gasteiger partial charge in [0.05, 0.1) is 7.11 Å². The lowest BCUT2D eigenvalue weighted by atomic mass is 10.0. The van der Waals surface area contributed by atoms with Crippen molar-refractivity contribution in [3.8, 4) is 0 Å². The van der Waals surface area contributed by atoms with E-state index in [1.807, 2.05) is 0 Å². The lowest BCUT2D eigenvalue weighted by Gasteiger charge is -2.15.